The molecule has 100 valence electrons. The van der Waals surface area contributed by atoms with Gasteiger partial charge in [0.05, 0.1) is 0 Å². The lowest BCUT2D eigenvalue weighted by atomic mass is 9.35. The van der Waals surface area contributed by atoms with E-state index in [-0.39, 0.29) is 0 Å². The molecule has 0 aromatic rings. The van der Waals surface area contributed by atoms with Crippen molar-refractivity contribution in [3.63, 3.8) is 0 Å². The van der Waals surface area contributed by atoms with Crippen LogP contribution < -0.4 is 0 Å². The summed E-state index contributed by atoms with van der Waals surface area (Å²) in [6, 6.07) is 0. The molecular formula is C18H28. The second kappa shape index (κ2) is 2.91. The molecule has 0 N–H and O–H groups in total. The Morgan fingerprint density at radius 1 is 1.11 bits per heavy atom. The molecule has 0 bridgehead atoms. The van der Waals surface area contributed by atoms with Gasteiger partial charge in [-0.3, -0.25) is 0 Å². The summed E-state index contributed by atoms with van der Waals surface area (Å²) in [6.07, 6.45) is 7.28. The van der Waals surface area contributed by atoms with Gasteiger partial charge in [0, 0.05) is 0 Å². The van der Waals surface area contributed by atoms with Gasteiger partial charge in [0.1, 0.15) is 0 Å². The van der Waals surface area contributed by atoms with Crippen LogP contribution in [0.25, 0.3) is 0 Å². The van der Waals surface area contributed by atoms with Gasteiger partial charge in [0.2, 0.25) is 0 Å². The first-order valence-electron chi connectivity index (χ1n) is 8.02. The van der Waals surface area contributed by atoms with E-state index in [0.717, 1.165) is 23.7 Å². The summed E-state index contributed by atoms with van der Waals surface area (Å²) in [5, 5.41) is 0. The lowest BCUT2D eigenvalue weighted by molar-refractivity contribution is -0.205. The lowest BCUT2D eigenvalue weighted by Gasteiger charge is -2.69. The minimum Gasteiger partial charge on any atom is -0.0995 e. The average Bonchev–Trinajstić information content (AvgIpc) is 2.73. The molecule has 4 saturated carbocycles. The molecule has 0 nitrogen and oxygen atoms in total. The maximum Gasteiger partial charge on any atom is -0.0141 e. The van der Waals surface area contributed by atoms with E-state index in [2.05, 4.69) is 34.3 Å². The molecule has 0 amide bonds. The normalized spacial score (nSPS) is 65.4. The first kappa shape index (κ1) is 11.6. The van der Waals surface area contributed by atoms with Crippen LogP contribution in [-0.4, -0.2) is 0 Å². The van der Waals surface area contributed by atoms with Crippen LogP contribution in [0.2, 0.25) is 0 Å². The van der Waals surface area contributed by atoms with E-state index in [1.54, 1.807) is 5.57 Å². The minimum absolute atomic E-state index is 0.628. The van der Waals surface area contributed by atoms with E-state index in [4.69, 9.17) is 0 Å². The fourth-order valence-electron chi connectivity index (χ4n) is 7.55. The highest BCUT2D eigenvalue weighted by Gasteiger charge is 2.74. The summed E-state index contributed by atoms with van der Waals surface area (Å²) >= 11 is 0. The van der Waals surface area contributed by atoms with E-state index >= 15 is 0 Å². The highest BCUT2D eigenvalue weighted by Crippen LogP contribution is 2.82. The highest BCUT2D eigenvalue weighted by atomic mass is 14.8. The molecule has 0 aromatic carbocycles. The van der Waals surface area contributed by atoms with Crippen LogP contribution in [0.4, 0.5) is 0 Å². The van der Waals surface area contributed by atoms with E-state index in [9.17, 15) is 0 Å². The largest absolute Gasteiger partial charge is 0.0995 e. The van der Waals surface area contributed by atoms with Gasteiger partial charge < -0.3 is 0 Å². The van der Waals surface area contributed by atoms with Crippen molar-refractivity contribution in [1.29, 1.82) is 0 Å². The second-order valence-electron chi connectivity index (χ2n) is 8.85. The predicted octanol–water partition coefficient (Wildman–Crippen LogP) is 5.05. The van der Waals surface area contributed by atoms with Crippen LogP contribution in [0.15, 0.2) is 12.2 Å². The fourth-order valence-corrected chi connectivity index (χ4v) is 7.55. The summed E-state index contributed by atoms with van der Waals surface area (Å²) in [4.78, 5) is 0. The van der Waals surface area contributed by atoms with Gasteiger partial charge in [-0.25, -0.2) is 0 Å². The SMILES string of the molecule is C=C1CC23CCC2(C)C(C)CC2(C)CC(C)C1C23. The zero-order valence-electron chi connectivity index (χ0n) is 12.6. The zero-order chi connectivity index (χ0) is 12.9. The molecule has 0 aromatic heterocycles. The molecule has 7 atom stereocenters. The summed E-state index contributed by atoms with van der Waals surface area (Å²) < 4.78 is 0. The van der Waals surface area contributed by atoms with Crippen molar-refractivity contribution in [1.82, 2.24) is 0 Å². The van der Waals surface area contributed by atoms with Gasteiger partial charge in [-0.1, -0.05) is 39.8 Å². The standard InChI is InChI=1S/C18H28/c1-11-8-16(4)10-13(3)17(5)6-7-18(17)9-12(2)14(11)15(16)18/h11,13-15H,2,6-10H2,1,3-5H3. The van der Waals surface area contributed by atoms with Gasteiger partial charge in [0.25, 0.3) is 0 Å². The monoisotopic (exact) mass is 244 g/mol. The highest BCUT2D eigenvalue weighted by molar-refractivity contribution is 5.32. The van der Waals surface area contributed by atoms with Gasteiger partial charge in [0.15, 0.2) is 0 Å². The lowest BCUT2D eigenvalue weighted by Crippen LogP contribution is -2.62. The number of hydrogen-bond donors (Lipinski definition) is 0. The molecule has 0 heteroatoms. The van der Waals surface area contributed by atoms with Crippen molar-refractivity contribution in [2.45, 2.75) is 59.8 Å². The fraction of sp³-hybridized carbons (Fsp3) is 0.889. The van der Waals surface area contributed by atoms with E-state index in [1.807, 2.05) is 0 Å². The Balaban J connectivity index is 1.90. The first-order chi connectivity index (χ1) is 8.34. The topological polar surface area (TPSA) is 0 Å². The Labute approximate surface area is 112 Å². The smallest absolute Gasteiger partial charge is 0.0141 e. The van der Waals surface area contributed by atoms with Gasteiger partial charge in [-0.15, -0.1) is 0 Å². The molecule has 4 aliphatic rings. The average molecular weight is 244 g/mol. The Bertz CT molecular complexity index is 435. The first-order valence-corrected chi connectivity index (χ1v) is 8.02. The van der Waals surface area contributed by atoms with E-state index in [1.165, 1.54) is 32.1 Å². The van der Waals surface area contributed by atoms with E-state index in [0.29, 0.717) is 16.2 Å². The Kier molecular flexibility index (Phi) is 1.87. The summed E-state index contributed by atoms with van der Waals surface area (Å²) in [7, 11) is 0. The molecule has 4 rings (SSSR count). The molecule has 1 spiro atoms. The van der Waals surface area contributed by atoms with Crippen LogP contribution >= 0.6 is 0 Å². The van der Waals surface area contributed by atoms with Crippen molar-refractivity contribution in [3.8, 4) is 0 Å². The molecule has 7 unspecified atom stereocenters. The van der Waals surface area contributed by atoms with Crippen molar-refractivity contribution in [2.75, 3.05) is 0 Å². The van der Waals surface area contributed by atoms with Crippen LogP contribution in [0.3, 0.4) is 0 Å². The predicted molar refractivity (Wildman–Crippen MR) is 76.2 cm³/mol. The summed E-state index contributed by atoms with van der Waals surface area (Å²) in [5.41, 5.74) is 3.55. The molecular weight excluding hydrogens is 216 g/mol. The van der Waals surface area contributed by atoms with Gasteiger partial charge >= 0.3 is 0 Å². The second-order valence-corrected chi connectivity index (χ2v) is 8.85. The third-order valence-corrected chi connectivity index (χ3v) is 8.21. The molecule has 18 heavy (non-hydrogen) atoms. The van der Waals surface area contributed by atoms with Gasteiger partial charge in [-0.05, 0) is 72.0 Å². The van der Waals surface area contributed by atoms with E-state index < -0.39 is 0 Å². The van der Waals surface area contributed by atoms with Crippen molar-refractivity contribution >= 4 is 0 Å². The molecule has 0 radical (unpaired) electrons. The third kappa shape index (κ3) is 0.927. The van der Waals surface area contributed by atoms with Crippen LogP contribution in [0.5, 0.6) is 0 Å². The maximum absolute atomic E-state index is 4.51. The Morgan fingerprint density at radius 2 is 1.83 bits per heavy atom. The molecule has 4 aliphatic carbocycles. The molecule has 4 fully saturated rings. The van der Waals surface area contributed by atoms with Crippen molar-refractivity contribution < 1.29 is 0 Å². The molecule has 0 aliphatic heterocycles. The third-order valence-electron chi connectivity index (χ3n) is 8.21. The van der Waals surface area contributed by atoms with Gasteiger partial charge in [-0.2, -0.15) is 0 Å². The van der Waals surface area contributed by atoms with Crippen LogP contribution in [-0.2, 0) is 0 Å². The van der Waals surface area contributed by atoms with Crippen LogP contribution in [0, 0.1) is 39.9 Å². The number of rotatable bonds is 0. The quantitative estimate of drug-likeness (QED) is 0.523. The molecule has 0 heterocycles. The van der Waals surface area contributed by atoms with Crippen molar-refractivity contribution in [3.05, 3.63) is 12.2 Å². The summed E-state index contributed by atoms with van der Waals surface area (Å²) in [6.45, 7) is 14.8. The zero-order valence-corrected chi connectivity index (χ0v) is 12.6. The number of allylic oxidation sites excluding steroid dienone is 1. The Morgan fingerprint density at radius 3 is 2.44 bits per heavy atom. The summed E-state index contributed by atoms with van der Waals surface area (Å²) in [5.74, 6) is 3.65. The molecule has 0 saturated heterocycles. The maximum atomic E-state index is 4.51. The van der Waals surface area contributed by atoms with Crippen LogP contribution in [0.1, 0.15) is 59.8 Å². The Hall–Kier alpha value is -0.260. The minimum atomic E-state index is 0.628. The number of hydrogen-bond acceptors (Lipinski definition) is 0. The van der Waals surface area contributed by atoms with Crippen molar-refractivity contribution in [2.24, 2.45) is 39.9 Å².